The molecule has 0 fully saturated rings. The van der Waals surface area contributed by atoms with Gasteiger partial charge in [0.2, 0.25) is 0 Å². The zero-order valence-electron chi connectivity index (χ0n) is 15.3. The summed E-state index contributed by atoms with van der Waals surface area (Å²) in [5, 5.41) is 9.24. The Balaban J connectivity index is 1.42. The molecular weight excluding hydrogens is 370 g/mol. The zero-order valence-corrected chi connectivity index (χ0v) is 16.1. The lowest BCUT2D eigenvalue weighted by Crippen LogP contribution is -2.22. The van der Waals surface area contributed by atoms with Gasteiger partial charge in [0.05, 0.1) is 5.52 Å². The molecule has 0 radical (unpaired) electrons. The maximum atomic E-state index is 12.5. The largest absolute Gasteiger partial charge is 0.348 e. The minimum atomic E-state index is -0.124. The summed E-state index contributed by atoms with van der Waals surface area (Å²) >= 11 is 5.99. The van der Waals surface area contributed by atoms with Crippen molar-refractivity contribution in [3.8, 4) is 0 Å². The first-order valence-electron chi connectivity index (χ1n) is 9.21. The Labute approximate surface area is 168 Å². The fourth-order valence-corrected chi connectivity index (χ4v) is 3.36. The molecule has 1 N–H and O–H groups in total. The van der Waals surface area contributed by atoms with Gasteiger partial charge in [-0.1, -0.05) is 60.1 Å². The number of benzene rings is 3. The van der Waals surface area contributed by atoms with Crippen LogP contribution in [0.5, 0.6) is 0 Å². The van der Waals surface area contributed by atoms with Crippen LogP contribution in [0.4, 0.5) is 0 Å². The highest BCUT2D eigenvalue weighted by Crippen LogP contribution is 2.16. The van der Waals surface area contributed by atoms with Crippen molar-refractivity contribution >= 4 is 28.4 Å². The average Bonchev–Trinajstić information content (AvgIpc) is 3.13. The molecule has 4 nitrogen and oxygen atoms in total. The summed E-state index contributed by atoms with van der Waals surface area (Å²) < 4.78 is 1.94. The number of nitrogens with one attached hydrogen (secondary N) is 1. The molecule has 0 spiro atoms. The molecule has 0 bridgehead atoms. The number of carbonyl (C=O) groups excluding carboxylic acids is 1. The van der Waals surface area contributed by atoms with Crippen LogP contribution in [0.1, 0.15) is 21.5 Å². The van der Waals surface area contributed by atoms with E-state index < -0.39 is 0 Å². The van der Waals surface area contributed by atoms with Gasteiger partial charge in [-0.3, -0.25) is 9.48 Å². The quantitative estimate of drug-likeness (QED) is 0.511. The lowest BCUT2D eigenvalue weighted by molar-refractivity contribution is 0.0951. The van der Waals surface area contributed by atoms with E-state index in [1.165, 1.54) is 5.56 Å². The van der Waals surface area contributed by atoms with Gasteiger partial charge in [-0.15, -0.1) is 0 Å². The number of nitrogens with zero attached hydrogens (tertiary/aromatic N) is 2. The maximum Gasteiger partial charge on any atom is 0.251 e. The summed E-state index contributed by atoms with van der Waals surface area (Å²) in [6.45, 7) is 1.23. The zero-order chi connectivity index (χ0) is 19.3. The van der Waals surface area contributed by atoms with Crippen molar-refractivity contribution in [2.75, 3.05) is 0 Å². The first-order valence-corrected chi connectivity index (χ1v) is 9.59. The predicted octanol–water partition coefficient (Wildman–Crippen LogP) is 4.86. The van der Waals surface area contributed by atoms with E-state index in [2.05, 4.69) is 22.5 Å². The van der Waals surface area contributed by atoms with Gasteiger partial charge < -0.3 is 5.32 Å². The van der Waals surface area contributed by atoms with E-state index in [1.54, 1.807) is 0 Å². The Morgan fingerprint density at radius 3 is 2.61 bits per heavy atom. The van der Waals surface area contributed by atoms with Crippen LogP contribution in [0.3, 0.4) is 0 Å². The monoisotopic (exact) mass is 389 g/mol. The van der Waals surface area contributed by atoms with Crippen molar-refractivity contribution in [2.45, 2.75) is 19.5 Å². The average molecular weight is 390 g/mol. The normalized spacial score (nSPS) is 10.9. The molecule has 0 unspecified atom stereocenters. The molecule has 0 saturated carbocycles. The van der Waals surface area contributed by atoms with Crippen LogP contribution in [0.2, 0.25) is 5.02 Å². The number of carbonyl (C=O) groups is 1. The first-order chi connectivity index (χ1) is 13.7. The number of hydrogen-bond acceptors (Lipinski definition) is 2. The standard InChI is InChI=1S/C23H20ClN3O/c24-21-8-4-7-18(13-21)15-25-23(28)19-9-10-20-16-27(26-22(20)14-19)12-11-17-5-2-1-3-6-17/h1-10,13-14,16H,11-12,15H2,(H,25,28). The van der Waals surface area contributed by atoms with E-state index in [9.17, 15) is 4.79 Å². The number of amides is 1. The van der Waals surface area contributed by atoms with Crippen LogP contribution >= 0.6 is 11.6 Å². The van der Waals surface area contributed by atoms with Crippen LogP contribution in [0.25, 0.3) is 10.9 Å². The summed E-state index contributed by atoms with van der Waals surface area (Å²) in [4.78, 5) is 12.5. The molecule has 28 heavy (non-hydrogen) atoms. The number of rotatable bonds is 6. The lowest BCUT2D eigenvalue weighted by atomic mass is 10.1. The smallest absolute Gasteiger partial charge is 0.251 e. The van der Waals surface area contributed by atoms with Crippen LogP contribution < -0.4 is 5.32 Å². The molecule has 1 amide bonds. The Morgan fingerprint density at radius 1 is 0.964 bits per heavy atom. The molecule has 0 atom stereocenters. The second-order valence-electron chi connectivity index (χ2n) is 6.71. The number of aryl methyl sites for hydroxylation is 2. The van der Waals surface area contributed by atoms with E-state index in [-0.39, 0.29) is 5.91 Å². The molecule has 4 aromatic rings. The van der Waals surface area contributed by atoms with Gasteiger partial charge in [0.15, 0.2) is 0 Å². The van der Waals surface area contributed by atoms with Gasteiger partial charge in [-0.25, -0.2) is 0 Å². The molecule has 4 rings (SSSR count). The van der Waals surface area contributed by atoms with Crippen molar-refractivity contribution in [2.24, 2.45) is 0 Å². The fourth-order valence-electron chi connectivity index (χ4n) is 3.14. The number of halogens is 1. The second kappa shape index (κ2) is 8.28. The van der Waals surface area contributed by atoms with E-state index in [4.69, 9.17) is 11.6 Å². The summed E-state index contributed by atoms with van der Waals surface area (Å²) in [7, 11) is 0. The van der Waals surface area contributed by atoms with E-state index in [0.29, 0.717) is 17.1 Å². The van der Waals surface area contributed by atoms with Gasteiger partial charge >= 0.3 is 0 Å². The van der Waals surface area contributed by atoms with Crippen LogP contribution in [0.15, 0.2) is 79.0 Å². The van der Waals surface area contributed by atoms with Crippen molar-refractivity contribution in [3.63, 3.8) is 0 Å². The molecule has 0 saturated heterocycles. The Bertz CT molecular complexity index is 1110. The maximum absolute atomic E-state index is 12.5. The second-order valence-corrected chi connectivity index (χ2v) is 7.15. The van der Waals surface area contributed by atoms with E-state index in [1.807, 2.05) is 71.5 Å². The SMILES string of the molecule is O=C(NCc1cccc(Cl)c1)c1ccc2cn(CCc3ccccc3)nc2c1. The van der Waals surface area contributed by atoms with Crippen molar-refractivity contribution in [1.29, 1.82) is 0 Å². The molecule has 0 aliphatic carbocycles. The number of hydrogen-bond donors (Lipinski definition) is 1. The fraction of sp³-hybridized carbons (Fsp3) is 0.130. The minimum absolute atomic E-state index is 0.124. The highest BCUT2D eigenvalue weighted by atomic mass is 35.5. The summed E-state index contributed by atoms with van der Waals surface area (Å²) in [5.74, 6) is -0.124. The van der Waals surface area contributed by atoms with Gasteiger partial charge in [0.1, 0.15) is 0 Å². The van der Waals surface area contributed by atoms with Crippen LogP contribution in [-0.4, -0.2) is 15.7 Å². The number of fused-ring (bicyclic) bond motifs is 1. The molecule has 140 valence electrons. The lowest BCUT2D eigenvalue weighted by Gasteiger charge is -2.06. The molecule has 0 aliphatic heterocycles. The van der Waals surface area contributed by atoms with E-state index in [0.717, 1.165) is 29.4 Å². The van der Waals surface area contributed by atoms with Gasteiger partial charge in [-0.05, 0) is 41.8 Å². The Kier molecular flexibility index (Phi) is 5.40. The van der Waals surface area contributed by atoms with Crippen molar-refractivity contribution in [3.05, 3.63) is 101 Å². The Morgan fingerprint density at radius 2 is 1.79 bits per heavy atom. The van der Waals surface area contributed by atoms with Crippen LogP contribution in [-0.2, 0) is 19.5 Å². The molecular formula is C23H20ClN3O. The van der Waals surface area contributed by atoms with E-state index >= 15 is 0 Å². The third-order valence-corrected chi connectivity index (χ3v) is 4.87. The summed E-state index contributed by atoms with van der Waals surface area (Å²) in [6, 6.07) is 23.4. The van der Waals surface area contributed by atoms with Gasteiger partial charge in [0.25, 0.3) is 5.91 Å². The first kappa shape index (κ1) is 18.3. The topological polar surface area (TPSA) is 46.9 Å². The minimum Gasteiger partial charge on any atom is -0.348 e. The molecule has 5 heteroatoms. The third kappa shape index (κ3) is 4.41. The predicted molar refractivity (Wildman–Crippen MR) is 113 cm³/mol. The van der Waals surface area contributed by atoms with Crippen molar-refractivity contribution in [1.82, 2.24) is 15.1 Å². The van der Waals surface area contributed by atoms with Gasteiger partial charge in [-0.2, -0.15) is 5.10 Å². The molecule has 1 aromatic heterocycles. The van der Waals surface area contributed by atoms with Crippen LogP contribution in [0, 0.1) is 0 Å². The van der Waals surface area contributed by atoms with Crippen molar-refractivity contribution < 1.29 is 4.79 Å². The Hall–Kier alpha value is -3.11. The highest BCUT2D eigenvalue weighted by molar-refractivity contribution is 6.30. The summed E-state index contributed by atoms with van der Waals surface area (Å²) in [6.07, 6.45) is 2.94. The molecule has 3 aromatic carbocycles. The number of aromatic nitrogens is 2. The highest BCUT2D eigenvalue weighted by Gasteiger charge is 2.09. The van der Waals surface area contributed by atoms with Gasteiger partial charge in [0, 0.05) is 35.3 Å². The molecule has 1 heterocycles. The third-order valence-electron chi connectivity index (χ3n) is 4.63. The molecule has 0 aliphatic rings. The summed E-state index contributed by atoms with van der Waals surface area (Å²) in [5.41, 5.74) is 3.67.